The van der Waals surface area contributed by atoms with E-state index in [9.17, 15) is 0 Å². The average molecular weight is 391 g/mol. The fourth-order valence-corrected chi connectivity index (χ4v) is 3.39. The van der Waals surface area contributed by atoms with Crippen molar-refractivity contribution in [2.45, 2.75) is 59.5 Å². The number of ether oxygens (including phenoxy) is 5. The SMILES string of the molecule is COc1c(C)c(OC/C=C(\C)CCC=C(C)C)cc2c1[C@H](OC)O[C@]2(C)OC. The van der Waals surface area contributed by atoms with Crippen molar-refractivity contribution in [2.75, 3.05) is 27.9 Å². The molecule has 5 nitrogen and oxygen atoms in total. The molecule has 0 saturated heterocycles. The summed E-state index contributed by atoms with van der Waals surface area (Å²) in [6.45, 7) is 10.7. The van der Waals surface area contributed by atoms with Gasteiger partial charge < -0.3 is 23.7 Å². The highest BCUT2D eigenvalue weighted by Gasteiger charge is 2.45. The Morgan fingerprint density at radius 2 is 1.89 bits per heavy atom. The van der Waals surface area contributed by atoms with Crippen LogP contribution in [0.25, 0.3) is 0 Å². The van der Waals surface area contributed by atoms with Crippen molar-refractivity contribution in [3.8, 4) is 11.5 Å². The van der Waals surface area contributed by atoms with Crippen LogP contribution in [0, 0.1) is 6.92 Å². The molecular formula is C23H34O5. The van der Waals surface area contributed by atoms with Gasteiger partial charge in [-0.2, -0.15) is 0 Å². The summed E-state index contributed by atoms with van der Waals surface area (Å²) in [5, 5.41) is 0. The summed E-state index contributed by atoms with van der Waals surface area (Å²) in [6, 6.07) is 1.97. The number of fused-ring (bicyclic) bond motifs is 1. The largest absolute Gasteiger partial charge is 0.496 e. The third kappa shape index (κ3) is 4.77. The van der Waals surface area contributed by atoms with E-state index in [1.165, 1.54) is 11.1 Å². The van der Waals surface area contributed by atoms with E-state index >= 15 is 0 Å². The Labute approximate surface area is 169 Å². The Hall–Kier alpha value is -1.82. The van der Waals surface area contributed by atoms with Crippen molar-refractivity contribution in [1.82, 2.24) is 0 Å². The van der Waals surface area contributed by atoms with Gasteiger partial charge in [0.1, 0.15) is 18.1 Å². The van der Waals surface area contributed by atoms with Gasteiger partial charge in [0.05, 0.1) is 12.7 Å². The van der Waals surface area contributed by atoms with Gasteiger partial charge in [0.2, 0.25) is 0 Å². The van der Waals surface area contributed by atoms with Crippen molar-refractivity contribution in [3.05, 3.63) is 46.1 Å². The summed E-state index contributed by atoms with van der Waals surface area (Å²) in [5.74, 6) is 0.558. The van der Waals surface area contributed by atoms with E-state index in [0.717, 1.165) is 35.3 Å². The molecule has 0 aliphatic carbocycles. The predicted octanol–water partition coefficient (Wildman–Crippen LogP) is 5.57. The minimum atomic E-state index is -0.912. The zero-order chi connectivity index (χ0) is 20.9. The molecule has 0 saturated carbocycles. The third-order valence-electron chi connectivity index (χ3n) is 5.15. The zero-order valence-electron chi connectivity index (χ0n) is 18.5. The molecule has 0 aromatic heterocycles. The zero-order valence-corrected chi connectivity index (χ0v) is 18.5. The molecule has 1 aromatic rings. The van der Waals surface area contributed by atoms with Crippen LogP contribution in [0.15, 0.2) is 29.4 Å². The van der Waals surface area contributed by atoms with E-state index in [1.807, 2.05) is 19.9 Å². The highest BCUT2D eigenvalue weighted by Crippen LogP contribution is 2.51. The molecule has 2 rings (SSSR count). The van der Waals surface area contributed by atoms with E-state index in [1.54, 1.807) is 21.3 Å². The van der Waals surface area contributed by atoms with E-state index in [-0.39, 0.29) is 0 Å². The topological polar surface area (TPSA) is 46.2 Å². The molecule has 2 atom stereocenters. The fraction of sp³-hybridized carbons (Fsp3) is 0.565. The van der Waals surface area contributed by atoms with Gasteiger partial charge >= 0.3 is 0 Å². The summed E-state index contributed by atoms with van der Waals surface area (Å²) in [6.07, 6.45) is 5.93. The van der Waals surface area contributed by atoms with Crippen LogP contribution in [-0.2, 0) is 20.0 Å². The third-order valence-corrected chi connectivity index (χ3v) is 5.15. The lowest BCUT2D eigenvalue weighted by molar-refractivity contribution is -0.280. The van der Waals surface area contributed by atoms with E-state index < -0.39 is 12.1 Å². The molecule has 0 spiro atoms. The molecule has 1 aromatic carbocycles. The summed E-state index contributed by atoms with van der Waals surface area (Å²) in [7, 11) is 4.87. The molecule has 156 valence electrons. The van der Waals surface area contributed by atoms with Gasteiger partial charge in [-0.05, 0) is 59.6 Å². The first-order chi connectivity index (χ1) is 13.3. The molecular weight excluding hydrogens is 356 g/mol. The van der Waals surface area contributed by atoms with Crippen molar-refractivity contribution in [1.29, 1.82) is 0 Å². The molecule has 1 heterocycles. The first-order valence-corrected chi connectivity index (χ1v) is 9.66. The maximum Gasteiger partial charge on any atom is 0.195 e. The highest BCUT2D eigenvalue weighted by molar-refractivity contribution is 5.57. The van der Waals surface area contributed by atoms with Gasteiger partial charge in [-0.1, -0.05) is 17.2 Å². The molecule has 0 N–H and O–H groups in total. The van der Waals surface area contributed by atoms with Crippen LogP contribution >= 0.6 is 0 Å². The second-order valence-electron chi connectivity index (χ2n) is 7.51. The summed E-state index contributed by atoms with van der Waals surface area (Å²) in [4.78, 5) is 0. The minimum Gasteiger partial charge on any atom is -0.496 e. The van der Waals surface area contributed by atoms with Crippen LogP contribution < -0.4 is 9.47 Å². The second kappa shape index (κ2) is 9.59. The standard InChI is InChI=1S/C23H34O5/c1-15(2)10-9-11-16(3)12-13-27-19-14-18-20(21(24-6)17(19)4)22(25-7)28-23(18,5)26-8/h10,12,14,22H,9,11,13H2,1-8H3/b16-12+/t22-,23+/m1/s1. The number of hydrogen-bond donors (Lipinski definition) is 0. The van der Waals surface area contributed by atoms with Gasteiger partial charge in [-0.25, -0.2) is 0 Å². The molecule has 1 aliphatic heterocycles. The molecule has 0 bridgehead atoms. The average Bonchev–Trinajstić information content (AvgIpc) is 2.94. The van der Waals surface area contributed by atoms with Crippen LogP contribution in [0.4, 0.5) is 0 Å². The maximum atomic E-state index is 6.09. The number of benzene rings is 1. The molecule has 0 unspecified atom stereocenters. The molecule has 0 radical (unpaired) electrons. The maximum absolute atomic E-state index is 6.09. The van der Waals surface area contributed by atoms with Gasteiger partial charge in [-0.15, -0.1) is 0 Å². The first-order valence-electron chi connectivity index (χ1n) is 9.66. The van der Waals surface area contributed by atoms with Crippen molar-refractivity contribution in [2.24, 2.45) is 0 Å². The summed E-state index contributed by atoms with van der Waals surface area (Å²) < 4.78 is 28.9. The molecule has 28 heavy (non-hydrogen) atoms. The van der Waals surface area contributed by atoms with Crippen LogP contribution in [-0.4, -0.2) is 27.9 Å². The van der Waals surface area contributed by atoms with E-state index in [2.05, 4.69) is 32.9 Å². The van der Waals surface area contributed by atoms with Crippen molar-refractivity contribution >= 4 is 0 Å². The Kier molecular flexibility index (Phi) is 7.70. The Bertz CT molecular complexity index is 746. The first kappa shape index (κ1) is 22.5. The van der Waals surface area contributed by atoms with Crippen LogP contribution in [0.1, 0.15) is 63.5 Å². The van der Waals surface area contributed by atoms with Gasteiger partial charge in [0, 0.05) is 25.3 Å². The normalized spacial score (nSPS) is 21.4. The molecule has 5 heteroatoms. The van der Waals surface area contributed by atoms with Crippen LogP contribution in [0.2, 0.25) is 0 Å². The lowest BCUT2D eigenvalue weighted by atomic mass is 9.98. The van der Waals surface area contributed by atoms with E-state index in [4.69, 9.17) is 23.7 Å². The van der Waals surface area contributed by atoms with Crippen molar-refractivity contribution < 1.29 is 23.7 Å². The van der Waals surface area contributed by atoms with Crippen LogP contribution in [0.5, 0.6) is 11.5 Å². The number of methoxy groups -OCH3 is 3. The predicted molar refractivity (Wildman–Crippen MR) is 111 cm³/mol. The smallest absolute Gasteiger partial charge is 0.195 e. The Morgan fingerprint density at radius 3 is 2.46 bits per heavy atom. The number of hydrogen-bond acceptors (Lipinski definition) is 5. The Morgan fingerprint density at radius 1 is 1.18 bits per heavy atom. The molecule has 0 fully saturated rings. The lowest BCUT2D eigenvalue weighted by Gasteiger charge is -2.24. The summed E-state index contributed by atoms with van der Waals surface area (Å²) >= 11 is 0. The lowest BCUT2D eigenvalue weighted by Crippen LogP contribution is -2.23. The highest BCUT2D eigenvalue weighted by atomic mass is 16.8. The fourth-order valence-electron chi connectivity index (χ4n) is 3.39. The van der Waals surface area contributed by atoms with Gasteiger partial charge in [0.15, 0.2) is 12.1 Å². The second-order valence-corrected chi connectivity index (χ2v) is 7.51. The number of allylic oxidation sites excluding steroid dienone is 3. The van der Waals surface area contributed by atoms with Gasteiger partial charge in [-0.3, -0.25) is 0 Å². The van der Waals surface area contributed by atoms with Gasteiger partial charge in [0.25, 0.3) is 0 Å². The van der Waals surface area contributed by atoms with Crippen LogP contribution in [0.3, 0.4) is 0 Å². The summed E-state index contributed by atoms with van der Waals surface area (Å²) in [5.41, 5.74) is 5.30. The Balaban J connectivity index is 2.25. The van der Waals surface area contributed by atoms with Crippen molar-refractivity contribution in [3.63, 3.8) is 0 Å². The monoisotopic (exact) mass is 390 g/mol. The molecule has 0 amide bonds. The van der Waals surface area contributed by atoms with E-state index in [0.29, 0.717) is 12.4 Å². The number of rotatable bonds is 9. The minimum absolute atomic E-state index is 0.502. The molecule has 1 aliphatic rings. The quantitative estimate of drug-likeness (QED) is 0.516.